The quantitative estimate of drug-likeness (QED) is 0.148. The normalized spacial score (nSPS) is 20.5. The van der Waals surface area contributed by atoms with Crippen LogP contribution in [0.1, 0.15) is 57.1 Å². The zero-order valence-corrected chi connectivity index (χ0v) is 25.8. The summed E-state index contributed by atoms with van der Waals surface area (Å²) in [6.07, 6.45) is -1.14. The number of methoxy groups -OCH3 is 1. The highest BCUT2D eigenvalue weighted by molar-refractivity contribution is 5.99. The van der Waals surface area contributed by atoms with Crippen LogP contribution in [0.3, 0.4) is 0 Å². The van der Waals surface area contributed by atoms with Gasteiger partial charge in [0.05, 0.1) is 24.9 Å². The molecule has 12 heteroatoms. The number of esters is 4. The number of benzene rings is 1. The second-order valence-electron chi connectivity index (χ2n) is 11.0. The zero-order valence-electron chi connectivity index (χ0n) is 25.8. The van der Waals surface area contributed by atoms with Crippen molar-refractivity contribution in [3.05, 3.63) is 53.9 Å². The van der Waals surface area contributed by atoms with Gasteiger partial charge < -0.3 is 28.4 Å². The van der Waals surface area contributed by atoms with Gasteiger partial charge in [0, 0.05) is 18.7 Å². The van der Waals surface area contributed by atoms with Gasteiger partial charge in [-0.1, -0.05) is 58.0 Å². The second-order valence-corrected chi connectivity index (χ2v) is 11.0. The van der Waals surface area contributed by atoms with Crippen LogP contribution in [0.2, 0.25) is 0 Å². The van der Waals surface area contributed by atoms with Crippen LogP contribution in [0.25, 0.3) is 0 Å². The molecule has 1 aromatic carbocycles. The Bertz CT molecular complexity index is 1320. The summed E-state index contributed by atoms with van der Waals surface area (Å²) in [5.41, 5.74) is 0.614. The summed E-state index contributed by atoms with van der Waals surface area (Å²) in [5.74, 6) is -6.23. The monoisotopic (exact) mass is 613 g/mol. The van der Waals surface area contributed by atoms with Gasteiger partial charge in [-0.25, -0.2) is 4.98 Å². The number of Topliss-reactive ketones (excluding diaryl/α,β-unsaturated/α-hetero) is 1. The number of hydrogen-bond acceptors (Lipinski definition) is 12. The van der Waals surface area contributed by atoms with E-state index >= 15 is 0 Å². The first kappa shape index (κ1) is 34.0. The van der Waals surface area contributed by atoms with Gasteiger partial charge in [-0.15, -0.1) is 0 Å². The Labute approximate surface area is 256 Å². The summed E-state index contributed by atoms with van der Waals surface area (Å²) in [5, 5.41) is 0. The Hall–Kier alpha value is -4.48. The predicted octanol–water partition coefficient (Wildman–Crippen LogP) is 3.73. The van der Waals surface area contributed by atoms with Crippen LogP contribution in [0, 0.1) is 23.7 Å². The topological polar surface area (TPSA) is 154 Å². The minimum atomic E-state index is -1.20. The Morgan fingerprint density at radius 3 is 2.30 bits per heavy atom. The molecule has 238 valence electrons. The van der Waals surface area contributed by atoms with Crippen molar-refractivity contribution in [3.8, 4) is 11.5 Å². The molecule has 0 saturated carbocycles. The minimum Gasteiger partial charge on any atom is -0.493 e. The van der Waals surface area contributed by atoms with E-state index in [0.717, 1.165) is 5.56 Å². The fraction of sp³-hybridized carbons (Fsp3) is 0.500. The Kier molecular flexibility index (Phi) is 12.2. The van der Waals surface area contributed by atoms with Crippen LogP contribution >= 0.6 is 0 Å². The van der Waals surface area contributed by atoms with E-state index in [1.165, 1.54) is 26.3 Å². The number of cyclic esters (lactones) is 2. The number of carbonyl (C=O) groups is 5. The van der Waals surface area contributed by atoms with Crippen LogP contribution in [-0.2, 0) is 44.5 Å². The smallest absolute Gasteiger partial charge is 0.313 e. The molecular weight excluding hydrogens is 574 g/mol. The lowest BCUT2D eigenvalue weighted by atomic mass is 9.91. The Morgan fingerprint density at radius 1 is 0.977 bits per heavy atom. The highest BCUT2D eigenvalue weighted by atomic mass is 16.7. The number of carbonyl (C=O) groups excluding carboxylic acids is 5. The van der Waals surface area contributed by atoms with E-state index in [-0.39, 0.29) is 23.6 Å². The molecule has 1 aliphatic heterocycles. The molecular formula is C32H39NO11. The lowest BCUT2D eigenvalue weighted by Crippen LogP contribution is -2.43. The predicted molar refractivity (Wildman–Crippen MR) is 155 cm³/mol. The molecule has 0 spiro atoms. The van der Waals surface area contributed by atoms with Crippen LogP contribution in [0.5, 0.6) is 11.5 Å². The van der Waals surface area contributed by atoms with E-state index in [4.69, 9.17) is 28.4 Å². The molecule has 0 N–H and O–H groups in total. The van der Waals surface area contributed by atoms with Crippen molar-refractivity contribution < 1.29 is 52.4 Å². The van der Waals surface area contributed by atoms with Crippen LogP contribution in [0.15, 0.2) is 42.6 Å². The van der Waals surface area contributed by atoms with Gasteiger partial charge in [-0.2, -0.15) is 0 Å². The minimum absolute atomic E-state index is 0.0815. The van der Waals surface area contributed by atoms with Gasteiger partial charge in [0.1, 0.15) is 18.6 Å². The highest BCUT2D eigenvalue weighted by Crippen LogP contribution is 2.32. The molecule has 2 heterocycles. The summed E-state index contributed by atoms with van der Waals surface area (Å²) in [6.45, 7) is 7.19. The van der Waals surface area contributed by atoms with Crippen molar-refractivity contribution in [1.82, 2.24) is 4.98 Å². The van der Waals surface area contributed by atoms with Crippen molar-refractivity contribution in [3.63, 3.8) is 0 Å². The molecule has 44 heavy (non-hydrogen) atoms. The molecule has 0 radical (unpaired) electrons. The molecule has 1 unspecified atom stereocenters. The van der Waals surface area contributed by atoms with E-state index in [0.29, 0.717) is 0 Å². The highest BCUT2D eigenvalue weighted by Gasteiger charge is 2.42. The summed E-state index contributed by atoms with van der Waals surface area (Å²) >= 11 is 0. The van der Waals surface area contributed by atoms with E-state index in [2.05, 4.69) is 4.98 Å². The third-order valence-corrected chi connectivity index (χ3v) is 6.91. The third-order valence-electron chi connectivity index (χ3n) is 6.91. The van der Waals surface area contributed by atoms with Gasteiger partial charge in [0.15, 0.2) is 29.1 Å². The molecule has 12 nitrogen and oxygen atoms in total. The van der Waals surface area contributed by atoms with Crippen molar-refractivity contribution in [1.29, 1.82) is 0 Å². The number of ketones is 1. The van der Waals surface area contributed by atoms with E-state index < -0.39 is 85.4 Å². The van der Waals surface area contributed by atoms with Gasteiger partial charge in [0.2, 0.25) is 6.79 Å². The molecule has 0 aliphatic carbocycles. The maximum Gasteiger partial charge on any atom is 0.313 e. The number of nitrogens with zero attached hydrogens (tertiary/aromatic N) is 1. The van der Waals surface area contributed by atoms with Crippen LogP contribution in [0.4, 0.5) is 0 Å². The standard InChI is InChI=1S/C32H39NO11/c1-18(2)29(35)42-17-41-28-25(39-6)12-13-33-26(28)24(34)15-22-16-40-32(38)23(14-21-10-8-7-9-11-21)27(20(5)43-31(22)37)44-30(36)19(3)4/h7-13,18-20,22-23,27H,14-17H2,1-6H3/t20-,22-,23+,27?/m0/s1. The molecule has 1 aliphatic rings. The Balaban J connectivity index is 1.85. The third kappa shape index (κ3) is 9.01. The van der Waals surface area contributed by atoms with Crippen molar-refractivity contribution in [2.24, 2.45) is 23.7 Å². The van der Waals surface area contributed by atoms with Crippen molar-refractivity contribution in [2.75, 3.05) is 20.5 Å². The van der Waals surface area contributed by atoms with Crippen molar-refractivity contribution in [2.45, 2.75) is 59.7 Å². The number of ether oxygens (including phenoxy) is 6. The summed E-state index contributed by atoms with van der Waals surface area (Å²) in [7, 11) is 1.36. The fourth-order valence-corrected chi connectivity index (χ4v) is 4.39. The maximum atomic E-state index is 13.5. The number of hydrogen-bond donors (Lipinski definition) is 0. The Morgan fingerprint density at radius 2 is 1.66 bits per heavy atom. The molecule has 1 fully saturated rings. The molecule has 4 atom stereocenters. The SMILES string of the molecule is COc1ccnc(C(=O)C[C@H]2COC(=O)[C@H](Cc3ccccc3)C(OC(=O)C(C)C)[C@H](C)OC2=O)c1OCOC(=O)C(C)C. The van der Waals surface area contributed by atoms with Gasteiger partial charge in [-0.05, 0) is 18.9 Å². The number of pyridine rings is 1. The van der Waals surface area contributed by atoms with Crippen LogP contribution in [-0.4, -0.2) is 67.4 Å². The molecule has 0 amide bonds. The van der Waals surface area contributed by atoms with Crippen molar-refractivity contribution >= 4 is 29.7 Å². The average molecular weight is 614 g/mol. The lowest BCUT2D eigenvalue weighted by Gasteiger charge is -2.29. The molecule has 1 saturated heterocycles. The van der Waals surface area contributed by atoms with E-state index in [9.17, 15) is 24.0 Å². The van der Waals surface area contributed by atoms with Gasteiger partial charge in [-0.3, -0.25) is 24.0 Å². The first-order valence-electron chi connectivity index (χ1n) is 14.4. The first-order valence-corrected chi connectivity index (χ1v) is 14.4. The summed E-state index contributed by atoms with van der Waals surface area (Å²) < 4.78 is 32.8. The zero-order chi connectivity index (χ0) is 32.4. The van der Waals surface area contributed by atoms with Gasteiger partial charge >= 0.3 is 23.9 Å². The largest absolute Gasteiger partial charge is 0.493 e. The fourth-order valence-electron chi connectivity index (χ4n) is 4.39. The summed E-state index contributed by atoms with van der Waals surface area (Å²) in [4.78, 5) is 68.8. The number of rotatable bonds is 12. The second kappa shape index (κ2) is 15.8. The first-order chi connectivity index (χ1) is 20.9. The number of aromatic nitrogens is 1. The lowest BCUT2D eigenvalue weighted by molar-refractivity contribution is -0.177. The van der Waals surface area contributed by atoms with Gasteiger partial charge in [0.25, 0.3) is 0 Å². The average Bonchev–Trinajstić information content (AvgIpc) is 3.03. The van der Waals surface area contributed by atoms with E-state index in [1.807, 2.05) is 30.3 Å². The van der Waals surface area contributed by atoms with Crippen LogP contribution < -0.4 is 9.47 Å². The molecule has 0 bridgehead atoms. The summed E-state index contributed by atoms with van der Waals surface area (Å²) in [6, 6.07) is 10.6. The van der Waals surface area contributed by atoms with E-state index in [1.54, 1.807) is 27.7 Å². The maximum absolute atomic E-state index is 13.5. The molecule has 2 aromatic rings. The molecule has 3 rings (SSSR count). The molecule has 1 aromatic heterocycles.